The van der Waals surface area contributed by atoms with E-state index in [-0.39, 0.29) is 17.7 Å². The number of halogens is 2. The van der Waals surface area contributed by atoms with E-state index in [1.165, 1.54) is 90.1 Å². The molecule has 1 unspecified atom stereocenters. The lowest BCUT2D eigenvalue weighted by atomic mass is 9.63. The zero-order valence-electron chi connectivity index (χ0n) is 45.1. The summed E-state index contributed by atoms with van der Waals surface area (Å²) in [5.41, 5.74) is 0.947. The number of alkyl carbamates (subject to hydrolysis) is 2. The van der Waals surface area contributed by atoms with Gasteiger partial charge in [0.1, 0.15) is 48.6 Å². The molecule has 19 heteroatoms. The lowest BCUT2D eigenvalue weighted by Gasteiger charge is -2.48. The molecule has 0 radical (unpaired) electrons. The molecule has 3 amide bonds. The molecule has 2 aliphatic heterocycles. The minimum Gasteiger partial charge on any atom is -0.480 e. The highest BCUT2D eigenvalue weighted by atomic mass is 35.5. The van der Waals surface area contributed by atoms with Gasteiger partial charge in [0.15, 0.2) is 0 Å². The lowest BCUT2D eigenvalue weighted by molar-refractivity contribution is -0.139. The van der Waals surface area contributed by atoms with Crippen LogP contribution in [-0.2, 0) is 45.0 Å². The number of hydrogen-bond donors (Lipinski definition) is 4. The van der Waals surface area contributed by atoms with Crippen LogP contribution in [0.3, 0.4) is 0 Å². The number of likely N-dealkylation sites (tertiary alicyclic amines) is 1. The Morgan fingerprint density at radius 1 is 0.640 bits per heavy atom. The minimum atomic E-state index is -1.12. The third kappa shape index (κ3) is 19.1. The van der Waals surface area contributed by atoms with Gasteiger partial charge in [0.2, 0.25) is 5.91 Å². The highest BCUT2D eigenvalue weighted by Gasteiger charge is 2.44. The van der Waals surface area contributed by atoms with Gasteiger partial charge in [0.05, 0.1) is 0 Å². The van der Waals surface area contributed by atoms with Gasteiger partial charge in [-0.2, -0.15) is 10.2 Å². The van der Waals surface area contributed by atoms with Crippen LogP contribution in [0.1, 0.15) is 143 Å². The second kappa shape index (κ2) is 27.7. The molecule has 412 valence electrons. The fourth-order valence-electron chi connectivity index (χ4n) is 11.4. The molecule has 0 bridgehead atoms. The van der Waals surface area contributed by atoms with Crippen molar-refractivity contribution in [3.8, 4) is 0 Å². The number of carbonyl (C=O) groups excluding carboxylic acids is 3. The first kappa shape index (κ1) is 59.0. The SMILES string of the molecule is CC(C)(C)OC(=O)NC(Cc1ccc(Cl)cc1)C(=O)N1CCC(Cn2cncn2)(C2CCCCC2)CC1.CC(C)(C)OC(=O)N[C@H](Cc1ccc(Cl)cc1)C(=O)O.c1ncn(CC2(C3CCCCC3)CCNCC2)n1. The molecule has 2 saturated heterocycles. The standard InChI is InChI=1S/C28H40ClN5O3.C14H18ClNO4.C14H24N4/c1-27(2,3)37-26(36)32-24(17-21-9-11-23(29)12-10-21)25(35)33-15-13-28(14-16-33,18-34-20-30-19-31-34)22-7-5-4-6-8-22;1-14(2,3)20-13(19)16-11(12(17)18)8-9-4-6-10(15)7-5-9;1-2-4-13(5-3-1)14(6-8-15-9-7-14)10-18-12-16-11-17-18/h9-12,19-20,22,24H,4-8,13-18H2,1-3H3,(H,32,36);4-7,11H,8H2,1-3H3,(H,16,19)(H,17,18);11-13,15H,1-10H2/t;11-;/m.1./s1. The number of rotatable bonds is 14. The topological polar surface area (TPSA) is 208 Å². The Kier molecular flexibility index (Phi) is 21.8. The number of ether oxygens (including phenoxy) is 2. The first-order valence-corrected chi connectivity index (χ1v) is 27.8. The van der Waals surface area contributed by atoms with E-state index in [9.17, 15) is 19.2 Å². The van der Waals surface area contributed by atoms with Crippen LogP contribution in [0.25, 0.3) is 0 Å². The number of nitrogens with one attached hydrogen (secondary N) is 3. The fraction of sp³-hybridized carbons (Fsp3) is 0.643. The summed E-state index contributed by atoms with van der Waals surface area (Å²) in [5, 5.41) is 27.8. The number of nitrogens with zero attached hydrogens (tertiary/aromatic N) is 7. The zero-order chi connectivity index (χ0) is 54.1. The van der Waals surface area contributed by atoms with Crippen LogP contribution < -0.4 is 16.0 Å². The van der Waals surface area contributed by atoms with E-state index >= 15 is 0 Å². The molecule has 2 atom stereocenters. The molecule has 17 nitrogen and oxygen atoms in total. The van der Waals surface area contributed by atoms with Crippen LogP contribution in [0, 0.1) is 22.7 Å². The monoisotopic (exact) mass is 1080 g/mol. The lowest BCUT2D eigenvalue weighted by Crippen LogP contribution is -2.55. The number of amides is 3. The van der Waals surface area contributed by atoms with Crippen molar-refractivity contribution < 1.29 is 33.8 Å². The molecule has 2 saturated carbocycles. The Morgan fingerprint density at radius 2 is 1.04 bits per heavy atom. The Morgan fingerprint density at radius 3 is 1.43 bits per heavy atom. The van der Waals surface area contributed by atoms with E-state index in [0.29, 0.717) is 40.9 Å². The van der Waals surface area contributed by atoms with E-state index in [4.69, 9.17) is 37.8 Å². The third-order valence-corrected chi connectivity index (χ3v) is 15.7. The summed E-state index contributed by atoms with van der Waals surface area (Å²) >= 11 is 11.8. The summed E-state index contributed by atoms with van der Waals surface area (Å²) in [6, 6.07) is 12.4. The van der Waals surface area contributed by atoms with Gasteiger partial charge < -0.3 is 35.4 Å². The Balaban J connectivity index is 0.000000202. The Hall–Kier alpha value is -5.26. The normalized spacial score (nSPS) is 18.9. The Labute approximate surface area is 454 Å². The summed E-state index contributed by atoms with van der Waals surface area (Å²) in [6.07, 6.45) is 24.1. The van der Waals surface area contributed by atoms with E-state index in [2.05, 4.69) is 40.8 Å². The smallest absolute Gasteiger partial charge is 0.408 e. The predicted octanol–water partition coefficient (Wildman–Crippen LogP) is 10.3. The second-order valence-electron chi connectivity index (χ2n) is 23.1. The zero-order valence-corrected chi connectivity index (χ0v) is 46.6. The summed E-state index contributed by atoms with van der Waals surface area (Å²) < 4.78 is 14.5. The average Bonchev–Trinajstić information content (AvgIpc) is 4.10. The summed E-state index contributed by atoms with van der Waals surface area (Å²) in [6.45, 7) is 16.1. The maximum atomic E-state index is 13.8. The number of piperidine rings is 2. The van der Waals surface area contributed by atoms with Crippen molar-refractivity contribution in [2.24, 2.45) is 22.7 Å². The van der Waals surface area contributed by atoms with Crippen molar-refractivity contribution in [3.05, 3.63) is 95.0 Å². The fourth-order valence-corrected chi connectivity index (χ4v) is 11.7. The Bertz CT molecular complexity index is 2350. The van der Waals surface area contributed by atoms with Crippen LogP contribution in [0.4, 0.5) is 9.59 Å². The van der Waals surface area contributed by atoms with Gasteiger partial charge in [-0.05, 0) is 164 Å². The van der Waals surface area contributed by atoms with Crippen molar-refractivity contribution in [2.75, 3.05) is 26.2 Å². The molecular formula is C56H82Cl2N10O7. The first-order chi connectivity index (χ1) is 35.7. The van der Waals surface area contributed by atoms with E-state index in [1.807, 2.05) is 48.8 Å². The largest absolute Gasteiger partial charge is 0.480 e. The number of carboxylic acids is 1. The van der Waals surface area contributed by atoms with Gasteiger partial charge in [-0.15, -0.1) is 0 Å². The molecule has 0 spiro atoms. The second-order valence-corrected chi connectivity index (χ2v) is 23.9. The minimum absolute atomic E-state index is 0.0705. The number of carbonyl (C=O) groups is 4. The van der Waals surface area contributed by atoms with Gasteiger partial charge in [-0.1, -0.05) is 86.0 Å². The molecule has 75 heavy (non-hydrogen) atoms. The summed E-state index contributed by atoms with van der Waals surface area (Å²) in [4.78, 5) is 59.4. The maximum Gasteiger partial charge on any atom is 0.408 e. The molecule has 4 aliphatic rings. The van der Waals surface area contributed by atoms with Crippen molar-refractivity contribution >= 4 is 47.3 Å². The highest BCUT2D eigenvalue weighted by molar-refractivity contribution is 6.30. The van der Waals surface area contributed by atoms with Crippen LogP contribution >= 0.6 is 23.2 Å². The number of aliphatic carboxylic acids is 1. The highest BCUT2D eigenvalue weighted by Crippen LogP contribution is 2.48. The molecule has 4 N–H and O–H groups in total. The van der Waals surface area contributed by atoms with Gasteiger partial charge >= 0.3 is 18.2 Å². The third-order valence-electron chi connectivity index (χ3n) is 15.2. The van der Waals surface area contributed by atoms with Gasteiger partial charge in [-0.25, -0.2) is 24.4 Å². The van der Waals surface area contributed by atoms with Crippen molar-refractivity contribution in [1.82, 2.24) is 50.4 Å². The molecular weight excluding hydrogens is 996 g/mol. The van der Waals surface area contributed by atoms with Crippen molar-refractivity contribution in [1.29, 1.82) is 0 Å². The molecule has 2 aromatic heterocycles. The maximum absolute atomic E-state index is 13.8. The molecule has 8 rings (SSSR count). The van der Waals surface area contributed by atoms with Crippen molar-refractivity contribution in [3.63, 3.8) is 0 Å². The molecule has 2 aromatic carbocycles. The number of hydrogen-bond acceptors (Lipinski definition) is 11. The quantitative estimate of drug-likeness (QED) is 0.0930. The van der Waals surface area contributed by atoms with E-state index < -0.39 is 41.4 Å². The van der Waals surface area contributed by atoms with Gasteiger partial charge in [-0.3, -0.25) is 14.2 Å². The number of carboxylic acid groups (broad SMARTS) is 1. The van der Waals surface area contributed by atoms with Crippen LogP contribution in [0.5, 0.6) is 0 Å². The number of benzene rings is 2. The summed E-state index contributed by atoms with van der Waals surface area (Å²) in [7, 11) is 0. The predicted molar refractivity (Wildman–Crippen MR) is 290 cm³/mol. The molecule has 4 fully saturated rings. The van der Waals surface area contributed by atoms with Crippen LogP contribution in [-0.4, -0.2) is 113 Å². The first-order valence-electron chi connectivity index (χ1n) is 27.0. The molecule has 4 aromatic rings. The van der Waals surface area contributed by atoms with Gasteiger partial charge in [0, 0.05) is 49.1 Å². The van der Waals surface area contributed by atoms with Crippen LogP contribution in [0.15, 0.2) is 73.8 Å². The van der Waals surface area contributed by atoms with Crippen LogP contribution in [0.2, 0.25) is 10.0 Å². The molecule has 4 heterocycles. The average molecular weight is 1080 g/mol. The van der Waals surface area contributed by atoms with E-state index in [0.717, 1.165) is 43.0 Å². The van der Waals surface area contributed by atoms with Gasteiger partial charge in [0.25, 0.3) is 0 Å². The van der Waals surface area contributed by atoms with Crippen molar-refractivity contribution in [2.45, 2.75) is 181 Å². The summed E-state index contributed by atoms with van der Waals surface area (Å²) in [5.74, 6) is 0.342. The van der Waals surface area contributed by atoms with E-state index in [1.54, 1.807) is 76.2 Å². The molecule has 2 aliphatic carbocycles. The number of aromatic nitrogens is 6.